The molecule has 0 atom stereocenters. The minimum atomic E-state index is 0.526. The van der Waals surface area contributed by atoms with E-state index in [4.69, 9.17) is 11.6 Å². The van der Waals surface area contributed by atoms with E-state index >= 15 is 0 Å². The lowest BCUT2D eigenvalue weighted by Gasteiger charge is -2.37. The number of rotatable bonds is 3. The summed E-state index contributed by atoms with van der Waals surface area (Å²) >= 11 is 9.76. The highest BCUT2D eigenvalue weighted by Crippen LogP contribution is 2.40. The van der Waals surface area contributed by atoms with Crippen molar-refractivity contribution < 1.29 is 0 Å². The van der Waals surface area contributed by atoms with E-state index in [0.29, 0.717) is 12.0 Å². The van der Waals surface area contributed by atoms with Crippen molar-refractivity contribution >= 4 is 33.2 Å². The van der Waals surface area contributed by atoms with Crippen molar-refractivity contribution in [1.29, 1.82) is 0 Å². The van der Waals surface area contributed by atoms with Gasteiger partial charge in [0.1, 0.15) is 0 Å². The molecule has 0 bridgehead atoms. The number of aryl methyl sites for hydroxylation is 1. The third-order valence-corrected chi connectivity index (χ3v) is 4.76. The van der Waals surface area contributed by atoms with E-state index in [1.54, 1.807) is 0 Å². The summed E-state index contributed by atoms with van der Waals surface area (Å²) in [7, 11) is 0. The first kappa shape index (κ1) is 14.0. The molecule has 1 fully saturated rings. The maximum Gasteiger partial charge on any atom is 0.0637 e. The van der Waals surface area contributed by atoms with Gasteiger partial charge < -0.3 is 5.32 Å². The Balaban J connectivity index is 1.62. The first-order valence-electron chi connectivity index (χ1n) is 6.90. The average molecular weight is 351 g/mol. The van der Waals surface area contributed by atoms with Crippen molar-refractivity contribution in [3.8, 4) is 0 Å². The Kier molecular flexibility index (Phi) is 4.04. The van der Waals surface area contributed by atoms with Gasteiger partial charge >= 0.3 is 0 Å². The Hall–Kier alpha value is -0.990. The zero-order valence-electron chi connectivity index (χ0n) is 11.4. The van der Waals surface area contributed by atoms with Gasteiger partial charge in [-0.05, 0) is 61.1 Å². The van der Waals surface area contributed by atoms with Crippen LogP contribution in [0.5, 0.6) is 0 Å². The number of hydrogen-bond donors (Lipinski definition) is 1. The molecule has 1 saturated carbocycles. The van der Waals surface area contributed by atoms with Crippen LogP contribution in [-0.2, 0) is 0 Å². The van der Waals surface area contributed by atoms with Crippen molar-refractivity contribution in [2.24, 2.45) is 0 Å². The number of nitrogens with one attached hydrogen (secondary N) is 1. The molecule has 1 aliphatic carbocycles. The lowest BCUT2D eigenvalue weighted by atomic mass is 9.76. The smallest absolute Gasteiger partial charge is 0.0637 e. The van der Waals surface area contributed by atoms with Gasteiger partial charge in [0.25, 0.3) is 0 Å². The van der Waals surface area contributed by atoms with Crippen LogP contribution >= 0.6 is 27.5 Å². The van der Waals surface area contributed by atoms with E-state index < -0.39 is 0 Å². The molecule has 0 radical (unpaired) electrons. The Bertz CT molecular complexity index is 620. The highest BCUT2D eigenvalue weighted by Gasteiger charge is 2.30. The Morgan fingerprint density at radius 2 is 1.95 bits per heavy atom. The van der Waals surface area contributed by atoms with Gasteiger partial charge in [-0.2, -0.15) is 0 Å². The third-order valence-electron chi connectivity index (χ3n) is 3.94. The van der Waals surface area contributed by atoms with E-state index in [1.807, 2.05) is 12.1 Å². The van der Waals surface area contributed by atoms with Crippen LogP contribution in [0.2, 0.25) is 5.02 Å². The summed E-state index contributed by atoms with van der Waals surface area (Å²) in [5.74, 6) is 0.661. The third kappa shape index (κ3) is 3.02. The molecule has 1 aliphatic rings. The molecule has 0 spiro atoms. The van der Waals surface area contributed by atoms with Gasteiger partial charge in [-0.15, -0.1) is 0 Å². The van der Waals surface area contributed by atoms with Gasteiger partial charge in [-0.25, -0.2) is 0 Å². The first-order chi connectivity index (χ1) is 9.61. The van der Waals surface area contributed by atoms with Crippen molar-refractivity contribution in [2.45, 2.75) is 31.7 Å². The summed E-state index contributed by atoms with van der Waals surface area (Å²) in [6, 6.07) is 15.3. The molecule has 0 unspecified atom stereocenters. The lowest BCUT2D eigenvalue weighted by Crippen LogP contribution is -2.34. The van der Waals surface area contributed by atoms with E-state index in [1.165, 1.54) is 24.0 Å². The van der Waals surface area contributed by atoms with Crippen LogP contribution in [-0.4, -0.2) is 6.04 Å². The predicted molar refractivity (Wildman–Crippen MR) is 89.7 cm³/mol. The zero-order valence-corrected chi connectivity index (χ0v) is 13.7. The van der Waals surface area contributed by atoms with Gasteiger partial charge in [0.05, 0.1) is 10.7 Å². The summed E-state index contributed by atoms with van der Waals surface area (Å²) < 4.78 is 1.16. The molecule has 2 aromatic carbocycles. The molecule has 0 amide bonds. The molecular weight excluding hydrogens is 334 g/mol. The molecule has 20 heavy (non-hydrogen) atoms. The van der Waals surface area contributed by atoms with E-state index in [-0.39, 0.29) is 0 Å². The minimum Gasteiger partial charge on any atom is -0.381 e. The van der Waals surface area contributed by atoms with Crippen molar-refractivity contribution in [2.75, 3.05) is 5.32 Å². The second kappa shape index (κ2) is 5.79. The number of anilines is 1. The summed E-state index contributed by atoms with van der Waals surface area (Å²) in [6.45, 7) is 2.09. The lowest BCUT2D eigenvalue weighted by molar-refractivity contribution is 0.374. The minimum absolute atomic E-state index is 0.526. The van der Waals surface area contributed by atoms with Gasteiger partial charge in [-0.1, -0.05) is 45.7 Å². The number of hydrogen-bond acceptors (Lipinski definition) is 1. The van der Waals surface area contributed by atoms with Crippen molar-refractivity contribution in [3.63, 3.8) is 0 Å². The van der Waals surface area contributed by atoms with E-state index in [9.17, 15) is 0 Å². The molecule has 0 heterocycles. The van der Waals surface area contributed by atoms with Crippen LogP contribution < -0.4 is 5.32 Å². The van der Waals surface area contributed by atoms with Crippen LogP contribution in [0.1, 0.15) is 29.9 Å². The van der Waals surface area contributed by atoms with Crippen molar-refractivity contribution in [3.05, 3.63) is 63.1 Å². The summed E-state index contributed by atoms with van der Waals surface area (Å²) in [4.78, 5) is 0. The van der Waals surface area contributed by atoms with Crippen LogP contribution in [0, 0.1) is 6.92 Å². The van der Waals surface area contributed by atoms with Gasteiger partial charge in [0.2, 0.25) is 0 Å². The largest absolute Gasteiger partial charge is 0.381 e. The normalized spacial score (nSPS) is 21.4. The summed E-state index contributed by atoms with van der Waals surface area (Å²) in [6.07, 6.45) is 2.33. The van der Waals surface area contributed by atoms with Crippen molar-refractivity contribution in [1.82, 2.24) is 0 Å². The summed E-state index contributed by atoms with van der Waals surface area (Å²) in [5, 5.41) is 4.37. The maximum atomic E-state index is 6.23. The highest BCUT2D eigenvalue weighted by molar-refractivity contribution is 9.10. The van der Waals surface area contributed by atoms with E-state index in [2.05, 4.69) is 58.5 Å². The van der Waals surface area contributed by atoms with Crippen LogP contribution in [0.3, 0.4) is 0 Å². The molecule has 0 aliphatic heterocycles. The fourth-order valence-corrected chi connectivity index (χ4v) is 3.33. The molecule has 0 aromatic heterocycles. The Morgan fingerprint density at radius 1 is 1.15 bits per heavy atom. The van der Waals surface area contributed by atoms with Crippen LogP contribution in [0.4, 0.5) is 5.69 Å². The number of benzene rings is 2. The van der Waals surface area contributed by atoms with E-state index in [0.717, 1.165) is 15.2 Å². The highest BCUT2D eigenvalue weighted by atomic mass is 79.9. The molecule has 0 saturated heterocycles. The standard InChI is InChI=1S/C17H17BrClN/c1-11-5-6-16(19)17(7-11)20-15-9-13(10-15)12-3-2-4-14(18)8-12/h2-8,13,15,20H,9-10H2,1H3. The topological polar surface area (TPSA) is 12.0 Å². The Labute approximate surface area is 133 Å². The van der Waals surface area contributed by atoms with Gasteiger partial charge in [0, 0.05) is 10.5 Å². The van der Waals surface area contributed by atoms with Crippen LogP contribution in [0.15, 0.2) is 46.9 Å². The molecular formula is C17H17BrClN. The fraction of sp³-hybridized carbons (Fsp3) is 0.294. The number of halogens is 2. The zero-order chi connectivity index (χ0) is 14.1. The monoisotopic (exact) mass is 349 g/mol. The second-order valence-electron chi connectivity index (χ2n) is 5.55. The summed E-state index contributed by atoms with van der Waals surface area (Å²) in [5.41, 5.74) is 3.72. The predicted octanol–water partition coefficient (Wildman–Crippen LogP) is 5.77. The SMILES string of the molecule is Cc1ccc(Cl)c(NC2CC(c3cccc(Br)c3)C2)c1. The average Bonchev–Trinajstić information content (AvgIpc) is 2.37. The second-order valence-corrected chi connectivity index (χ2v) is 6.87. The molecule has 3 heteroatoms. The molecule has 2 aromatic rings. The molecule has 104 valence electrons. The Morgan fingerprint density at radius 3 is 2.70 bits per heavy atom. The molecule has 3 rings (SSSR count). The molecule has 1 N–H and O–H groups in total. The molecule has 1 nitrogen and oxygen atoms in total. The fourth-order valence-electron chi connectivity index (χ4n) is 2.74. The van der Waals surface area contributed by atoms with Gasteiger partial charge in [0.15, 0.2) is 0 Å². The van der Waals surface area contributed by atoms with Gasteiger partial charge in [-0.3, -0.25) is 0 Å². The van der Waals surface area contributed by atoms with Crippen LogP contribution in [0.25, 0.3) is 0 Å². The first-order valence-corrected chi connectivity index (χ1v) is 8.07. The maximum absolute atomic E-state index is 6.23. The quantitative estimate of drug-likeness (QED) is 0.741.